The summed E-state index contributed by atoms with van der Waals surface area (Å²) in [5, 5.41) is 0. The summed E-state index contributed by atoms with van der Waals surface area (Å²) in [7, 11) is 0. The number of benzene rings is 1. The highest BCUT2D eigenvalue weighted by Gasteiger charge is 2.33. The topological polar surface area (TPSA) is 85.1 Å². The van der Waals surface area contributed by atoms with Crippen molar-refractivity contribution in [1.82, 2.24) is 9.80 Å². The number of rotatable bonds is 3. The quantitative estimate of drug-likeness (QED) is 0.763. The standard InChI is InChI=1S/C19H26F3N3O4/c1-12-10-24(17(27)29-18(2,3)4)7-8-25(12)16(26)13-5-6-15(14(23)9-13)28-11-19(20,21)22/h5-6,9,12H,7-8,10-11,23H2,1-4H3/t12-/m0/s1. The summed E-state index contributed by atoms with van der Waals surface area (Å²) in [4.78, 5) is 28.2. The molecule has 0 aliphatic carbocycles. The molecule has 1 heterocycles. The van der Waals surface area contributed by atoms with Crippen molar-refractivity contribution in [2.45, 2.75) is 45.5 Å². The predicted octanol–water partition coefficient (Wildman–Crippen LogP) is 3.29. The summed E-state index contributed by atoms with van der Waals surface area (Å²) < 4.78 is 46.9. The second-order valence-corrected chi connectivity index (χ2v) is 7.93. The van der Waals surface area contributed by atoms with Crippen LogP contribution in [0.2, 0.25) is 0 Å². The van der Waals surface area contributed by atoms with E-state index in [4.69, 9.17) is 10.5 Å². The van der Waals surface area contributed by atoms with Crippen molar-refractivity contribution in [3.63, 3.8) is 0 Å². The minimum atomic E-state index is -4.48. The zero-order valence-electron chi connectivity index (χ0n) is 16.9. The highest BCUT2D eigenvalue weighted by molar-refractivity contribution is 5.96. The van der Waals surface area contributed by atoms with E-state index in [2.05, 4.69) is 4.74 Å². The number of carbonyl (C=O) groups is 2. The Morgan fingerprint density at radius 3 is 2.38 bits per heavy atom. The molecule has 0 aromatic heterocycles. The minimum absolute atomic E-state index is 0.0554. The summed E-state index contributed by atoms with van der Waals surface area (Å²) in [6.45, 7) is 6.59. The van der Waals surface area contributed by atoms with Crippen molar-refractivity contribution in [2.75, 3.05) is 32.0 Å². The fourth-order valence-corrected chi connectivity index (χ4v) is 2.89. The maximum atomic E-state index is 12.8. The zero-order valence-corrected chi connectivity index (χ0v) is 16.9. The van der Waals surface area contributed by atoms with E-state index in [-0.39, 0.29) is 28.9 Å². The number of ether oxygens (including phenoxy) is 2. The van der Waals surface area contributed by atoms with E-state index in [0.717, 1.165) is 0 Å². The van der Waals surface area contributed by atoms with Gasteiger partial charge in [0.25, 0.3) is 5.91 Å². The summed E-state index contributed by atoms with van der Waals surface area (Å²) in [6.07, 6.45) is -4.92. The number of anilines is 1. The molecule has 1 saturated heterocycles. The molecule has 0 unspecified atom stereocenters. The van der Waals surface area contributed by atoms with Crippen LogP contribution in [0.3, 0.4) is 0 Å². The van der Waals surface area contributed by atoms with Gasteiger partial charge in [0.05, 0.1) is 5.69 Å². The van der Waals surface area contributed by atoms with Gasteiger partial charge < -0.3 is 25.0 Å². The number of nitrogen functional groups attached to an aromatic ring is 1. The van der Waals surface area contributed by atoms with Gasteiger partial charge in [0.1, 0.15) is 11.4 Å². The van der Waals surface area contributed by atoms with Crippen molar-refractivity contribution in [3.8, 4) is 5.75 Å². The third-order valence-electron chi connectivity index (χ3n) is 4.19. The summed E-state index contributed by atoms with van der Waals surface area (Å²) in [6, 6.07) is 3.64. The van der Waals surface area contributed by atoms with Crippen LogP contribution in [-0.4, -0.2) is 65.9 Å². The minimum Gasteiger partial charge on any atom is -0.482 e. The van der Waals surface area contributed by atoms with Gasteiger partial charge in [-0.1, -0.05) is 0 Å². The Kier molecular flexibility index (Phi) is 6.54. The van der Waals surface area contributed by atoms with Crippen LogP contribution >= 0.6 is 0 Å². The molecule has 2 N–H and O–H groups in total. The number of halogens is 3. The van der Waals surface area contributed by atoms with Crippen LogP contribution < -0.4 is 10.5 Å². The summed E-state index contributed by atoms with van der Waals surface area (Å²) >= 11 is 0. The number of hydrogen-bond acceptors (Lipinski definition) is 5. The molecule has 162 valence electrons. The van der Waals surface area contributed by atoms with Crippen LogP contribution in [0.5, 0.6) is 5.75 Å². The third-order valence-corrected chi connectivity index (χ3v) is 4.19. The number of alkyl halides is 3. The Morgan fingerprint density at radius 1 is 1.21 bits per heavy atom. The van der Waals surface area contributed by atoms with E-state index >= 15 is 0 Å². The molecule has 2 rings (SSSR count). The van der Waals surface area contributed by atoms with Crippen molar-refractivity contribution < 1.29 is 32.2 Å². The van der Waals surface area contributed by atoms with E-state index in [0.29, 0.717) is 19.6 Å². The lowest BCUT2D eigenvalue weighted by Crippen LogP contribution is -2.56. The molecular weight excluding hydrogens is 391 g/mol. The van der Waals surface area contributed by atoms with Gasteiger partial charge in [0.2, 0.25) is 0 Å². The van der Waals surface area contributed by atoms with Crippen LogP contribution in [-0.2, 0) is 4.74 Å². The molecule has 0 saturated carbocycles. The number of hydrogen-bond donors (Lipinski definition) is 1. The molecule has 1 fully saturated rings. The van der Waals surface area contributed by atoms with Gasteiger partial charge in [0.15, 0.2) is 6.61 Å². The van der Waals surface area contributed by atoms with Crippen molar-refractivity contribution >= 4 is 17.7 Å². The fraction of sp³-hybridized carbons (Fsp3) is 0.579. The zero-order chi connectivity index (χ0) is 22.0. The summed E-state index contributed by atoms with van der Waals surface area (Å²) in [5.74, 6) is -0.461. The smallest absolute Gasteiger partial charge is 0.422 e. The first-order chi connectivity index (χ1) is 13.3. The van der Waals surface area contributed by atoms with Gasteiger partial charge in [-0.3, -0.25) is 4.79 Å². The van der Waals surface area contributed by atoms with E-state index in [1.54, 1.807) is 37.5 Å². The largest absolute Gasteiger partial charge is 0.482 e. The van der Waals surface area contributed by atoms with Gasteiger partial charge in [0, 0.05) is 31.2 Å². The Morgan fingerprint density at radius 2 is 1.86 bits per heavy atom. The Bertz CT molecular complexity index is 762. The molecular formula is C19H26F3N3O4. The van der Waals surface area contributed by atoms with Crippen LogP contribution in [0.15, 0.2) is 18.2 Å². The number of piperazine rings is 1. The molecule has 10 heteroatoms. The van der Waals surface area contributed by atoms with Crippen molar-refractivity contribution in [1.29, 1.82) is 0 Å². The van der Waals surface area contributed by atoms with Gasteiger partial charge in [-0.15, -0.1) is 0 Å². The molecule has 1 aliphatic heterocycles. The van der Waals surface area contributed by atoms with Crippen LogP contribution in [0.25, 0.3) is 0 Å². The van der Waals surface area contributed by atoms with Gasteiger partial charge in [-0.2, -0.15) is 13.2 Å². The monoisotopic (exact) mass is 417 g/mol. The predicted molar refractivity (Wildman–Crippen MR) is 101 cm³/mol. The molecule has 1 aliphatic rings. The molecule has 29 heavy (non-hydrogen) atoms. The lowest BCUT2D eigenvalue weighted by Gasteiger charge is -2.40. The normalized spacial score (nSPS) is 17.8. The van der Waals surface area contributed by atoms with Crippen LogP contribution in [0.1, 0.15) is 38.1 Å². The second kappa shape index (κ2) is 8.38. The average Bonchev–Trinajstić information content (AvgIpc) is 2.57. The Balaban J connectivity index is 2.02. The highest BCUT2D eigenvalue weighted by atomic mass is 19.4. The molecule has 2 amide bonds. The lowest BCUT2D eigenvalue weighted by atomic mass is 10.1. The number of nitrogens with zero attached hydrogens (tertiary/aromatic N) is 2. The highest BCUT2D eigenvalue weighted by Crippen LogP contribution is 2.26. The number of nitrogens with two attached hydrogens (primary N) is 1. The molecule has 0 bridgehead atoms. The maximum absolute atomic E-state index is 12.8. The molecule has 1 aromatic carbocycles. The SMILES string of the molecule is C[C@H]1CN(C(=O)OC(C)(C)C)CCN1C(=O)c1ccc(OCC(F)(F)F)c(N)c1. The molecule has 0 radical (unpaired) electrons. The number of amides is 2. The average molecular weight is 417 g/mol. The molecule has 7 nitrogen and oxygen atoms in total. The number of carbonyl (C=O) groups excluding carboxylic acids is 2. The van der Waals surface area contributed by atoms with Crippen molar-refractivity contribution in [3.05, 3.63) is 23.8 Å². The first-order valence-corrected chi connectivity index (χ1v) is 9.15. The van der Waals surface area contributed by atoms with Gasteiger partial charge >= 0.3 is 12.3 Å². The molecule has 1 atom stereocenters. The Labute approximate surface area is 167 Å². The van der Waals surface area contributed by atoms with E-state index in [1.807, 2.05) is 0 Å². The first-order valence-electron chi connectivity index (χ1n) is 9.15. The first kappa shape index (κ1) is 22.6. The van der Waals surface area contributed by atoms with E-state index < -0.39 is 24.5 Å². The van der Waals surface area contributed by atoms with Crippen LogP contribution in [0.4, 0.5) is 23.7 Å². The second-order valence-electron chi connectivity index (χ2n) is 7.93. The molecule has 1 aromatic rings. The Hall–Kier alpha value is -2.65. The summed E-state index contributed by atoms with van der Waals surface area (Å²) in [5.41, 5.74) is 5.31. The lowest BCUT2D eigenvalue weighted by molar-refractivity contribution is -0.153. The van der Waals surface area contributed by atoms with E-state index in [9.17, 15) is 22.8 Å². The van der Waals surface area contributed by atoms with Gasteiger partial charge in [-0.05, 0) is 45.9 Å². The molecule has 0 spiro atoms. The third kappa shape index (κ3) is 6.43. The fourth-order valence-electron chi connectivity index (χ4n) is 2.89. The maximum Gasteiger partial charge on any atom is 0.422 e. The van der Waals surface area contributed by atoms with Crippen LogP contribution in [0, 0.1) is 0 Å². The van der Waals surface area contributed by atoms with E-state index in [1.165, 1.54) is 18.2 Å². The van der Waals surface area contributed by atoms with Gasteiger partial charge in [-0.25, -0.2) is 4.79 Å². The van der Waals surface area contributed by atoms with Crippen molar-refractivity contribution in [2.24, 2.45) is 0 Å².